The third-order valence-electron chi connectivity index (χ3n) is 3.22. The second-order valence-corrected chi connectivity index (χ2v) is 8.74. The van der Waals surface area contributed by atoms with Crippen LogP contribution >= 0.6 is 34.5 Å². The van der Waals surface area contributed by atoms with Gasteiger partial charge in [-0.2, -0.15) is 0 Å². The van der Waals surface area contributed by atoms with Crippen LogP contribution in [0.25, 0.3) is 0 Å². The second kappa shape index (κ2) is 7.18. The summed E-state index contributed by atoms with van der Waals surface area (Å²) in [6, 6.07) is 4.33. The maximum absolute atomic E-state index is 6.05. The van der Waals surface area contributed by atoms with E-state index in [1.165, 1.54) is 21.3 Å². The Bertz CT molecular complexity index is 571. The zero-order chi connectivity index (χ0) is 15.5. The van der Waals surface area contributed by atoms with Crippen LogP contribution in [0.5, 0.6) is 0 Å². The van der Waals surface area contributed by atoms with Crippen LogP contribution < -0.4 is 5.32 Å². The van der Waals surface area contributed by atoms with Crippen LogP contribution in [0.2, 0.25) is 4.34 Å². The molecule has 0 aliphatic carbocycles. The Hall–Kier alpha value is -0.490. The molecular formula is C15H22ClN3S2. The van der Waals surface area contributed by atoms with Gasteiger partial charge in [0.1, 0.15) is 0 Å². The van der Waals surface area contributed by atoms with E-state index in [0.717, 1.165) is 29.4 Å². The molecule has 2 aromatic rings. The average Bonchev–Trinajstić information content (AvgIpc) is 3.02. The molecule has 116 valence electrons. The lowest BCUT2D eigenvalue weighted by molar-refractivity contribution is 0.506. The van der Waals surface area contributed by atoms with Crippen LogP contribution in [0.1, 0.15) is 55.6 Å². The van der Waals surface area contributed by atoms with Crippen molar-refractivity contribution in [3.05, 3.63) is 31.9 Å². The number of aromatic nitrogens is 2. The van der Waals surface area contributed by atoms with Crippen molar-refractivity contribution in [1.82, 2.24) is 14.9 Å². The van der Waals surface area contributed by atoms with Crippen LogP contribution in [0.15, 0.2) is 12.1 Å². The number of thiophene rings is 1. The van der Waals surface area contributed by atoms with E-state index in [9.17, 15) is 0 Å². The standard InChI is InChI=1S/C15H22ClN3S2/c1-5-8-17-11(9-10-6-7-12(16)20-10)13-14(15(2,3)4)18-19-21-13/h6-7,11,17H,5,8-9H2,1-4H3. The summed E-state index contributed by atoms with van der Waals surface area (Å²) in [6.45, 7) is 9.73. The molecule has 0 radical (unpaired) electrons. The zero-order valence-electron chi connectivity index (χ0n) is 12.9. The van der Waals surface area contributed by atoms with Crippen molar-refractivity contribution in [2.75, 3.05) is 6.54 Å². The number of halogens is 1. The summed E-state index contributed by atoms with van der Waals surface area (Å²) in [6.07, 6.45) is 2.04. The summed E-state index contributed by atoms with van der Waals surface area (Å²) in [5.74, 6) is 0. The van der Waals surface area contributed by atoms with Crippen LogP contribution in [0.3, 0.4) is 0 Å². The Morgan fingerprint density at radius 2 is 2.10 bits per heavy atom. The van der Waals surface area contributed by atoms with E-state index >= 15 is 0 Å². The van der Waals surface area contributed by atoms with Crippen molar-refractivity contribution in [3.8, 4) is 0 Å². The molecule has 0 saturated heterocycles. The summed E-state index contributed by atoms with van der Waals surface area (Å²) >= 11 is 9.21. The molecule has 0 aliphatic heterocycles. The van der Waals surface area contributed by atoms with E-state index in [-0.39, 0.29) is 11.5 Å². The van der Waals surface area contributed by atoms with Gasteiger partial charge in [0.25, 0.3) is 0 Å². The number of nitrogens with zero attached hydrogens (tertiary/aromatic N) is 2. The minimum Gasteiger partial charge on any atom is -0.309 e. The van der Waals surface area contributed by atoms with Gasteiger partial charge < -0.3 is 5.32 Å². The Balaban J connectivity index is 2.25. The molecule has 2 rings (SSSR count). The van der Waals surface area contributed by atoms with E-state index in [4.69, 9.17) is 11.6 Å². The highest BCUT2D eigenvalue weighted by Gasteiger charge is 2.27. The van der Waals surface area contributed by atoms with Crippen molar-refractivity contribution in [3.63, 3.8) is 0 Å². The van der Waals surface area contributed by atoms with Gasteiger partial charge in [-0.3, -0.25) is 0 Å². The lowest BCUT2D eigenvalue weighted by atomic mass is 9.89. The number of nitrogens with one attached hydrogen (secondary N) is 1. The molecule has 3 nitrogen and oxygen atoms in total. The fourth-order valence-electron chi connectivity index (χ4n) is 2.18. The third-order valence-corrected chi connectivity index (χ3v) is 5.31. The molecule has 0 spiro atoms. The third kappa shape index (κ3) is 4.49. The van der Waals surface area contributed by atoms with Gasteiger partial charge in [-0.1, -0.05) is 43.8 Å². The summed E-state index contributed by atoms with van der Waals surface area (Å²) in [5.41, 5.74) is 1.12. The first-order valence-corrected chi connectivity index (χ1v) is 9.19. The number of hydrogen-bond acceptors (Lipinski definition) is 5. The first-order valence-electron chi connectivity index (χ1n) is 7.22. The Labute approximate surface area is 139 Å². The molecule has 0 fully saturated rings. The summed E-state index contributed by atoms with van der Waals surface area (Å²) < 4.78 is 5.04. The molecule has 6 heteroatoms. The highest BCUT2D eigenvalue weighted by Crippen LogP contribution is 2.33. The number of rotatable bonds is 6. The quantitative estimate of drug-likeness (QED) is 0.816. The topological polar surface area (TPSA) is 37.8 Å². The molecule has 0 bridgehead atoms. The maximum atomic E-state index is 6.05. The zero-order valence-corrected chi connectivity index (χ0v) is 15.3. The van der Waals surface area contributed by atoms with Crippen LogP contribution in [-0.4, -0.2) is 16.1 Å². The smallest absolute Gasteiger partial charge is 0.0931 e. The molecule has 21 heavy (non-hydrogen) atoms. The largest absolute Gasteiger partial charge is 0.309 e. The first kappa shape index (κ1) is 16.9. The van der Waals surface area contributed by atoms with Gasteiger partial charge in [0.15, 0.2) is 0 Å². The molecule has 1 atom stereocenters. The highest BCUT2D eigenvalue weighted by molar-refractivity contribution is 7.16. The Morgan fingerprint density at radius 3 is 2.67 bits per heavy atom. The maximum Gasteiger partial charge on any atom is 0.0931 e. The van der Waals surface area contributed by atoms with Crippen molar-refractivity contribution in [2.45, 2.75) is 52.0 Å². The van der Waals surface area contributed by atoms with Crippen LogP contribution in [0, 0.1) is 0 Å². The summed E-state index contributed by atoms with van der Waals surface area (Å²) in [4.78, 5) is 2.54. The Kier molecular flexibility index (Phi) is 5.77. The van der Waals surface area contributed by atoms with E-state index in [2.05, 4.69) is 48.7 Å². The monoisotopic (exact) mass is 343 g/mol. The molecule has 0 saturated carbocycles. The van der Waals surface area contributed by atoms with E-state index in [0.29, 0.717) is 0 Å². The van der Waals surface area contributed by atoms with Gasteiger partial charge >= 0.3 is 0 Å². The fourth-order valence-corrected chi connectivity index (χ4v) is 4.26. The van der Waals surface area contributed by atoms with E-state index in [1.54, 1.807) is 11.3 Å². The molecular weight excluding hydrogens is 322 g/mol. The lowest BCUT2D eigenvalue weighted by Gasteiger charge is -2.22. The van der Waals surface area contributed by atoms with Gasteiger partial charge in [-0.15, -0.1) is 16.4 Å². The first-order chi connectivity index (χ1) is 9.91. The van der Waals surface area contributed by atoms with Crippen molar-refractivity contribution >= 4 is 34.5 Å². The molecule has 2 heterocycles. The predicted molar refractivity (Wildman–Crippen MR) is 92.7 cm³/mol. The van der Waals surface area contributed by atoms with Crippen molar-refractivity contribution < 1.29 is 0 Å². The second-order valence-electron chi connectivity index (χ2n) is 6.15. The van der Waals surface area contributed by atoms with Gasteiger partial charge in [-0.25, -0.2) is 0 Å². The predicted octanol–water partition coefficient (Wildman–Crippen LogP) is 4.83. The summed E-state index contributed by atoms with van der Waals surface area (Å²) in [7, 11) is 0. The molecule has 1 unspecified atom stereocenters. The molecule has 2 aromatic heterocycles. The molecule has 0 aliphatic rings. The number of hydrogen-bond donors (Lipinski definition) is 1. The van der Waals surface area contributed by atoms with Crippen molar-refractivity contribution in [1.29, 1.82) is 0 Å². The van der Waals surface area contributed by atoms with Crippen LogP contribution in [0.4, 0.5) is 0 Å². The SMILES string of the molecule is CCCNC(Cc1ccc(Cl)s1)c1snnc1C(C)(C)C. The molecule has 0 amide bonds. The van der Waals surface area contributed by atoms with Gasteiger partial charge in [0.05, 0.1) is 14.9 Å². The van der Waals surface area contributed by atoms with E-state index in [1.807, 2.05) is 6.07 Å². The minimum atomic E-state index is 0.0154. The molecule has 0 aromatic carbocycles. The van der Waals surface area contributed by atoms with Gasteiger partial charge in [0.2, 0.25) is 0 Å². The van der Waals surface area contributed by atoms with Gasteiger partial charge in [0, 0.05) is 22.8 Å². The van der Waals surface area contributed by atoms with Gasteiger partial charge in [-0.05, 0) is 36.6 Å². The van der Waals surface area contributed by atoms with E-state index < -0.39 is 0 Å². The normalized spacial score (nSPS) is 13.6. The van der Waals surface area contributed by atoms with Crippen LogP contribution in [-0.2, 0) is 11.8 Å². The highest BCUT2D eigenvalue weighted by atomic mass is 35.5. The summed E-state index contributed by atoms with van der Waals surface area (Å²) in [5, 5.41) is 8.01. The Morgan fingerprint density at radius 1 is 1.33 bits per heavy atom. The molecule has 1 N–H and O–H groups in total. The minimum absolute atomic E-state index is 0.0154. The van der Waals surface area contributed by atoms with Crippen molar-refractivity contribution in [2.24, 2.45) is 0 Å². The lowest BCUT2D eigenvalue weighted by Crippen LogP contribution is -2.26. The fraction of sp³-hybridized carbons (Fsp3) is 0.600. The average molecular weight is 344 g/mol.